The normalized spacial score (nSPS) is 21.1. The predicted molar refractivity (Wildman–Crippen MR) is 96.1 cm³/mol. The van der Waals surface area contributed by atoms with E-state index in [2.05, 4.69) is 16.8 Å². The molecule has 5 heteroatoms. The number of amides is 1. The number of thiophene rings is 1. The molecule has 1 saturated carbocycles. The first-order chi connectivity index (χ1) is 11.2. The van der Waals surface area contributed by atoms with Gasteiger partial charge in [-0.15, -0.1) is 23.1 Å². The number of hydrogen-bond acceptors (Lipinski definition) is 4. The minimum atomic E-state index is -0.418. The van der Waals surface area contributed by atoms with Crippen molar-refractivity contribution in [2.24, 2.45) is 0 Å². The highest BCUT2D eigenvalue weighted by atomic mass is 32.2. The zero-order valence-corrected chi connectivity index (χ0v) is 14.5. The molecule has 1 heterocycles. The molecule has 122 valence electrons. The largest absolute Gasteiger partial charge is 0.391 e. The Morgan fingerprint density at radius 3 is 2.83 bits per heavy atom. The monoisotopic (exact) mass is 347 g/mol. The Labute approximate surface area is 145 Å². The molecule has 1 amide bonds. The lowest BCUT2D eigenvalue weighted by Crippen LogP contribution is -2.45. The molecule has 1 aliphatic rings. The topological polar surface area (TPSA) is 49.3 Å². The zero-order chi connectivity index (χ0) is 16.1. The van der Waals surface area contributed by atoms with E-state index in [4.69, 9.17) is 0 Å². The Balaban J connectivity index is 1.67. The number of nitrogens with one attached hydrogen (secondary N) is 1. The zero-order valence-electron chi connectivity index (χ0n) is 12.9. The third kappa shape index (κ3) is 4.37. The molecule has 2 atom stereocenters. The Morgan fingerprint density at radius 1 is 1.22 bits per heavy atom. The molecule has 0 bridgehead atoms. The van der Waals surface area contributed by atoms with Crippen LogP contribution in [0.15, 0.2) is 46.7 Å². The maximum absolute atomic E-state index is 12.6. The van der Waals surface area contributed by atoms with Gasteiger partial charge in [0.1, 0.15) is 0 Å². The van der Waals surface area contributed by atoms with Crippen LogP contribution in [-0.2, 0) is 5.75 Å². The molecule has 0 radical (unpaired) electrons. The van der Waals surface area contributed by atoms with Crippen molar-refractivity contribution in [3.63, 3.8) is 0 Å². The second kappa shape index (κ2) is 7.99. The van der Waals surface area contributed by atoms with E-state index in [1.54, 1.807) is 23.1 Å². The third-order valence-electron chi connectivity index (χ3n) is 4.13. The highest BCUT2D eigenvalue weighted by molar-refractivity contribution is 7.98. The van der Waals surface area contributed by atoms with Crippen LogP contribution < -0.4 is 5.32 Å². The fourth-order valence-corrected chi connectivity index (χ4v) is 4.67. The van der Waals surface area contributed by atoms with E-state index in [0.29, 0.717) is 5.56 Å². The van der Waals surface area contributed by atoms with E-state index in [0.717, 1.165) is 36.3 Å². The smallest absolute Gasteiger partial charge is 0.252 e. The van der Waals surface area contributed by atoms with Gasteiger partial charge in [0.15, 0.2) is 0 Å². The molecular weight excluding hydrogens is 326 g/mol. The molecule has 3 nitrogen and oxygen atoms in total. The van der Waals surface area contributed by atoms with Gasteiger partial charge in [-0.3, -0.25) is 4.79 Å². The van der Waals surface area contributed by atoms with Crippen molar-refractivity contribution < 1.29 is 9.90 Å². The number of thioether (sulfide) groups is 1. The summed E-state index contributed by atoms with van der Waals surface area (Å²) in [5.74, 6) is 0.791. The number of aliphatic hydroxyl groups is 1. The first kappa shape index (κ1) is 16.6. The maximum atomic E-state index is 12.6. The van der Waals surface area contributed by atoms with Crippen LogP contribution >= 0.6 is 23.1 Å². The summed E-state index contributed by atoms with van der Waals surface area (Å²) in [5.41, 5.74) is 0.701. The first-order valence-electron chi connectivity index (χ1n) is 7.97. The molecule has 0 aliphatic heterocycles. The van der Waals surface area contributed by atoms with Crippen molar-refractivity contribution >= 4 is 29.0 Å². The number of rotatable bonds is 5. The van der Waals surface area contributed by atoms with E-state index >= 15 is 0 Å². The highest BCUT2D eigenvalue weighted by Crippen LogP contribution is 2.28. The summed E-state index contributed by atoms with van der Waals surface area (Å²) >= 11 is 3.41. The van der Waals surface area contributed by atoms with Gasteiger partial charge in [0.05, 0.1) is 17.7 Å². The molecule has 2 unspecified atom stereocenters. The van der Waals surface area contributed by atoms with Gasteiger partial charge in [-0.25, -0.2) is 0 Å². The fraction of sp³-hybridized carbons (Fsp3) is 0.389. The van der Waals surface area contributed by atoms with Crippen molar-refractivity contribution in [3.8, 4) is 0 Å². The SMILES string of the molecule is O=C(NC1CCCCC1O)c1ccccc1SCc1cccs1. The maximum Gasteiger partial charge on any atom is 0.252 e. The standard InChI is InChI=1S/C18H21NO2S2/c20-16-9-3-2-8-15(16)19-18(21)14-7-1-4-10-17(14)23-12-13-6-5-11-22-13/h1,4-7,10-11,15-16,20H,2-3,8-9,12H2,(H,19,21). The van der Waals surface area contributed by atoms with Crippen molar-refractivity contribution in [2.45, 2.75) is 48.5 Å². The molecule has 1 aromatic carbocycles. The highest BCUT2D eigenvalue weighted by Gasteiger charge is 2.25. The van der Waals surface area contributed by atoms with E-state index < -0.39 is 6.10 Å². The first-order valence-corrected chi connectivity index (χ1v) is 9.83. The Morgan fingerprint density at radius 2 is 2.04 bits per heavy atom. The quantitative estimate of drug-likeness (QED) is 0.802. The number of aliphatic hydroxyl groups excluding tert-OH is 1. The summed E-state index contributed by atoms with van der Waals surface area (Å²) in [4.78, 5) is 14.9. The summed E-state index contributed by atoms with van der Waals surface area (Å²) in [6.45, 7) is 0. The summed E-state index contributed by atoms with van der Waals surface area (Å²) in [7, 11) is 0. The van der Waals surface area contributed by atoms with Gasteiger partial charge in [-0.1, -0.05) is 31.0 Å². The Kier molecular flexibility index (Phi) is 5.75. The van der Waals surface area contributed by atoms with Gasteiger partial charge in [-0.05, 0) is 36.4 Å². The molecule has 1 fully saturated rings. The lowest BCUT2D eigenvalue weighted by Gasteiger charge is -2.28. The number of benzene rings is 1. The van der Waals surface area contributed by atoms with Gasteiger partial charge in [-0.2, -0.15) is 0 Å². The van der Waals surface area contributed by atoms with Crippen LogP contribution in [0.1, 0.15) is 40.9 Å². The molecule has 23 heavy (non-hydrogen) atoms. The minimum Gasteiger partial charge on any atom is -0.391 e. The lowest BCUT2D eigenvalue weighted by atomic mass is 9.92. The lowest BCUT2D eigenvalue weighted by molar-refractivity contribution is 0.0715. The second-order valence-corrected chi connectivity index (χ2v) is 7.85. The van der Waals surface area contributed by atoms with Crippen LogP contribution in [0.3, 0.4) is 0 Å². The minimum absolute atomic E-state index is 0.0785. The summed E-state index contributed by atoms with van der Waals surface area (Å²) < 4.78 is 0. The molecule has 3 rings (SSSR count). The molecule has 0 saturated heterocycles. The number of carbonyl (C=O) groups excluding carboxylic acids is 1. The number of hydrogen-bond donors (Lipinski definition) is 2. The average molecular weight is 348 g/mol. The van der Waals surface area contributed by atoms with E-state index in [1.807, 2.05) is 30.3 Å². The van der Waals surface area contributed by atoms with Crippen molar-refractivity contribution in [1.82, 2.24) is 5.32 Å². The Hall–Kier alpha value is -1.30. The van der Waals surface area contributed by atoms with E-state index in [-0.39, 0.29) is 11.9 Å². The summed E-state index contributed by atoms with van der Waals surface area (Å²) in [5, 5.41) is 15.1. The predicted octanol–water partition coefficient (Wildman–Crippen LogP) is 4.07. The average Bonchev–Trinajstić information content (AvgIpc) is 3.09. The van der Waals surface area contributed by atoms with Crippen molar-refractivity contribution in [3.05, 3.63) is 52.2 Å². The van der Waals surface area contributed by atoms with Crippen molar-refractivity contribution in [1.29, 1.82) is 0 Å². The van der Waals surface area contributed by atoms with Gasteiger partial charge in [0, 0.05) is 15.5 Å². The van der Waals surface area contributed by atoms with Gasteiger partial charge >= 0.3 is 0 Å². The second-order valence-electron chi connectivity index (χ2n) is 5.80. The van der Waals surface area contributed by atoms with E-state index in [1.165, 1.54) is 4.88 Å². The molecule has 0 spiro atoms. The third-order valence-corrected chi connectivity index (χ3v) is 6.31. The summed E-state index contributed by atoms with van der Waals surface area (Å²) in [6.07, 6.45) is 3.33. The van der Waals surface area contributed by atoms with Crippen molar-refractivity contribution in [2.75, 3.05) is 0 Å². The number of carbonyl (C=O) groups is 1. The van der Waals surface area contributed by atoms with Crippen LogP contribution in [0, 0.1) is 0 Å². The van der Waals surface area contributed by atoms with Gasteiger partial charge in [0.2, 0.25) is 0 Å². The van der Waals surface area contributed by atoms with E-state index in [9.17, 15) is 9.90 Å². The Bertz CT molecular complexity index is 642. The molecular formula is C18H21NO2S2. The van der Waals surface area contributed by atoms with Gasteiger partial charge < -0.3 is 10.4 Å². The molecule has 1 aromatic heterocycles. The van der Waals surface area contributed by atoms with Crippen LogP contribution in [-0.4, -0.2) is 23.2 Å². The fourth-order valence-electron chi connectivity index (χ4n) is 2.85. The van der Waals surface area contributed by atoms with Crippen LogP contribution in [0.25, 0.3) is 0 Å². The van der Waals surface area contributed by atoms with Crippen LogP contribution in [0.2, 0.25) is 0 Å². The molecule has 2 aromatic rings. The van der Waals surface area contributed by atoms with Gasteiger partial charge in [0.25, 0.3) is 5.91 Å². The summed E-state index contributed by atoms with van der Waals surface area (Å²) in [6, 6.07) is 11.7. The van der Waals surface area contributed by atoms with Crippen LogP contribution in [0.4, 0.5) is 0 Å². The molecule has 1 aliphatic carbocycles. The molecule has 2 N–H and O–H groups in total. The van der Waals surface area contributed by atoms with Crippen LogP contribution in [0.5, 0.6) is 0 Å².